The van der Waals surface area contributed by atoms with E-state index in [1.165, 1.54) is 49.4 Å². The van der Waals surface area contributed by atoms with Crippen LogP contribution in [0.5, 0.6) is 17.2 Å². The quantitative estimate of drug-likeness (QED) is 0.0642. The number of rotatable bonds is 6. The van der Waals surface area contributed by atoms with Gasteiger partial charge in [-0.25, -0.2) is 18.0 Å². The van der Waals surface area contributed by atoms with Gasteiger partial charge >= 0.3 is 5.97 Å². The molecule has 8 nitrogen and oxygen atoms in total. The number of ether oxygens (including phenoxy) is 3. The zero-order valence-corrected chi connectivity index (χ0v) is 18.4. The summed E-state index contributed by atoms with van der Waals surface area (Å²) in [5, 5.41) is 11.0. The lowest BCUT2D eigenvalue weighted by atomic mass is 10.1. The van der Waals surface area contributed by atoms with Crippen LogP contribution in [0.15, 0.2) is 42.2 Å². The number of halogens is 5. The fourth-order valence-electron chi connectivity index (χ4n) is 3.35. The average molecular weight is 521 g/mol. The molecule has 0 amide bonds. The van der Waals surface area contributed by atoms with Gasteiger partial charge in [-0.15, -0.1) is 0 Å². The Morgan fingerprint density at radius 2 is 1.68 bits per heavy atom. The molecule has 0 bridgehead atoms. The van der Waals surface area contributed by atoms with E-state index in [0.29, 0.717) is 5.56 Å². The van der Waals surface area contributed by atoms with Crippen molar-refractivity contribution in [1.29, 1.82) is 0 Å². The minimum Gasteiger partial charge on any atom is -0.476 e. The van der Waals surface area contributed by atoms with Crippen molar-refractivity contribution in [3.05, 3.63) is 98.0 Å². The first-order valence-electron chi connectivity index (χ1n) is 10.2. The number of hydrogen-bond acceptors (Lipinski definition) is 7. The molecule has 37 heavy (non-hydrogen) atoms. The number of esters is 1. The minimum absolute atomic E-state index is 0.0210. The van der Waals surface area contributed by atoms with Crippen LogP contribution in [0, 0.1) is 46.1 Å². The summed E-state index contributed by atoms with van der Waals surface area (Å²) in [6.07, 6.45) is 1.29. The summed E-state index contributed by atoms with van der Waals surface area (Å²) in [6, 6.07) is 7.94. The first-order valence-corrected chi connectivity index (χ1v) is 10.2. The van der Waals surface area contributed by atoms with Gasteiger partial charge in [0.2, 0.25) is 34.9 Å². The first-order chi connectivity index (χ1) is 17.5. The lowest BCUT2D eigenvalue weighted by Crippen LogP contribution is -2.20. The third-order valence-corrected chi connectivity index (χ3v) is 5.14. The topological polar surface area (TPSA) is 105 Å². The Morgan fingerprint density at radius 1 is 1.03 bits per heavy atom. The fourth-order valence-corrected chi connectivity index (χ4v) is 3.35. The molecule has 4 rings (SSSR count). The molecular weight excluding hydrogens is 509 g/mol. The summed E-state index contributed by atoms with van der Waals surface area (Å²) < 4.78 is 82.1. The molecule has 0 saturated heterocycles. The molecule has 0 unspecified atom stereocenters. The van der Waals surface area contributed by atoms with Crippen LogP contribution in [-0.2, 0) is 4.79 Å². The van der Waals surface area contributed by atoms with Crippen molar-refractivity contribution in [2.75, 3.05) is 6.61 Å². The summed E-state index contributed by atoms with van der Waals surface area (Å²) >= 11 is 0. The van der Waals surface area contributed by atoms with Crippen LogP contribution in [0.1, 0.15) is 21.5 Å². The molecule has 0 atom stereocenters. The van der Waals surface area contributed by atoms with Gasteiger partial charge in [0.25, 0.3) is 5.69 Å². The number of nitro benzene ring substituents is 1. The Bertz CT molecular complexity index is 1490. The van der Waals surface area contributed by atoms with Crippen molar-refractivity contribution in [2.45, 2.75) is 6.92 Å². The number of carbonyl (C=O) groups excluding carboxylic acids is 2. The van der Waals surface area contributed by atoms with Crippen LogP contribution in [0.4, 0.5) is 27.6 Å². The molecule has 190 valence electrons. The Morgan fingerprint density at radius 3 is 2.32 bits per heavy atom. The van der Waals surface area contributed by atoms with Crippen molar-refractivity contribution >= 4 is 23.5 Å². The minimum atomic E-state index is -2.38. The summed E-state index contributed by atoms with van der Waals surface area (Å²) in [6.45, 7) is 0.211. The fraction of sp³-hybridized carbons (Fsp3) is 0.0833. The van der Waals surface area contributed by atoms with Crippen LogP contribution in [0.25, 0.3) is 6.08 Å². The van der Waals surface area contributed by atoms with Crippen molar-refractivity contribution in [3.8, 4) is 17.2 Å². The molecule has 3 aromatic rings. The summed E-state index contributed by atoms with van der Waals surface area (Å²) in [7, 11) is 0. The zero-order valence-electron chi connectivity index (χ0n) is 18.4. The van der Waals surface area contributed by atoms with Gasteiger partial charge in [0, 0.05) is 17.7 Å². The van der Waals surface area contributed by atoms with E-state index >= 15 is 0 Å². The molecule has 3 aromatic carbocycles. The van der Waals surface area contributed by atoms with Crippen molar-refractivity contribution in [3.63, 3.8) is 0 Å². The standard InChI is InChI=1S/C24H12F5NO7/c1-10-14(36-16(31)9-35-24-20(28)18(26)17(25)19(27)21(24)29)6-5-13-22(32)15(37-23(10)13)8-11-3-2-4-12(7-11)30(33)34/h2-8H,9H2,1H3/b15-8-. The summed E-state index contributed by atoms with van der Waals surface area (Å²) in [5.74, 6) is -15.1. The number of allylic oxidation sites excluding steroid dienone is 1. The van der Waals surface area contributed by atoms with Crippen LogP contribution >= 0.6 is 0 Å². The number of carbonyl (C=O) groups is 2. The number of Topliss-reactive ketones (excluding diaryl/α,β-unsaturated/α-hetero) is 1. The van der Waals surface area contributed by atoms with Gasteiger partial charge in [0.1, 0.15) is 11.5 Å². The summed E-state index contributed by atoms with van der Waals surface area (Å²) in [4.78, 5) is 35.2. The maximum atomic E-state index is 13.7. The maximum Gasteiger partial charge on any atom is 0.349 e. The second-order valence-corrected chi connectivity index (χ2v) is 7.52. The maximum absolute atomic E-state index is 13.7. The highest BCUT2D eigenvalue weighted by atomic mass is 19.2. The van der Waals surface area contributed by atoms with E-state index in [2.05, 4.69) is 4.74 Å². The monoisotopic (exact) mass is 521 g/mol. The van der Waals surface area contributed by atoms with Crippen LogP contribution in [-0.4, -0.2) is 23.3 Å². The third-order valence-electron chi connectivity index (χ3n) is 5.14. The zero-order chi connectivity index (χ0) is 27.0. The highest BCUT2D eigenvalue weighted by Gasteiger charge is 2.31. The normalized spacial score (nSPS) is 13.4. The van der Waals surface area contributed by atoms with Crippen LogP contribution in [0.3, 0.4) is 0 Å². The molecule has 0 saturated carbocycles. The predicted octanol–water partition coefficient (Wildman–Crippen LogP) is 5.20. The third kappa shape index (κ3) is 4.70. The Balaban J connectivity index is 1.51. The molecule has 0 N–H and O–H groups in total. The molecule has 0 spiro atoms. The second kappa shape index (κ2) is 9.68. The predicted molar refractivity (Wildman–Crippen MR) is 115 cm³/mol. The molecule has 13 heteroatoms. The first kappa shape index (κ1) is 25.3. The van der Waals surface area contributed by atoms with Crippen molar-refractivity contribution < 1.29 is 50.7 Å². The van der Waals surface area contributed by atoms with Crippen molar-refractivity contribution in [1.82, 2.24) is 0 Å². The lowest BCUT2D eigenvalue weighted by molar-refractivity contribution is -0.384. The number of benzene rings is 3. The van der Waals surface area contributed by atoms with Crippen LogP contribution in [0.2, 0.25) is 0 Å². The Hall–Kier alpha value is -4.81. The number of nitro groups is 1. The molecule has 0 aromatic heterocycles. The van der Waals surface area contributed by atoms with Gasteiger partial charge in [0.15, 0.2) is 18.1 Å². The molecule has 0 radical (unpaired) electrons. The van der Waals surface area contributed by atoms with E-state index in [1.807, 2.05) is 0 Å². The SMILES string of the molecule is Cc1c(OC(=O)COc2c(F)c(F)c(F)c(F)c2F)ccc2c1O/C(=C\c1cccc([N+](=O)[O-])c1)C2=O. The highest BCUT2D eigenvalue weighted by molar-refractivity contribution is 6.15. The smallest absolute Gasteiger partial charge is 0.349 e. The van der Waals surface area contributed by atoms with E-state index < -0.39 is 58.1 Å². The van der Waals surface area contributed by atoms with Gasteiger partial charge in [0.05, 0.1) is 10.5 Å². The average Bonchev–Trinajstić information content (AvgIpc) is 3.19. The Kier molecular flexibility index (Phi) is 6.62. The van der Waals surface area contributed by atoms with Gasteiger partial charge in [-0.2, -0.15) is 8.78 Å². The largest absolute Gasteiger partial charge is 0.476 e. The summed E-state index contributed by atoms with van der Waals surface area (Å²) in [5.41, 5.74) is 0.389. The molecular formula is C24H12F5NO7. The second-order valence-electron chi connectivity index (χ2n) is 7.52. The van der Waals surface area contributed by atoms with Crippen LogP contribution < -0.4 is 14.2 Å². The molecule has 0 fully saturated rings. The molecule has 1 aliphatic rings. The molecule has 1 heterocycles. The van der Waals surface area contributed by atoms with E-state index in [0.717, 1.165) is 0 Å². The van der Waals surface area contributed by atoms with Gasteiger partial charge in [-0.05, 0) is 30.7 Å². The number of non-ortho nitro benzene ring substituents is 1. The lowest BCUT2D eigenvalue weighted by Gasteiger charge is -2.12. The Labute approximate surface area is 203 Å². The van der Waals surface area contributed by atoms with E-state index in [-0.39, 0.29) is 34.1 Å². The van der Waals surface area contributed by atoms with E-state index in [9.17, 15) is 41.7 Å². The highest BCUT2D eigenvalue weighted by Crippen LogP contribution is 2.39. The van der Waals surface area contributed by atoms with Gasteiger partial charge in [-0.1, -0.05) is 12.1 Å². The molecule has 0 aliphatic carbocycles. The van der Waals surface area contributed by atoms with E-state index in [1.54, 1.807) is 0 Å². The van der Waals surface area contributed by atoms with Crippen molar-refractivity contribution in [2.24, 2.45) is 0 Å². The number of fused-ring (bicyclic) bond motifs is 1. The number of ketones is 1. The molecule has 1 aliphatic heterocycles. The van der Waals surface area contributed by atoms with E-state index in [4.69, 9.17) is 9.47 Å². The van der Waals surface area contributed by atoms with Gasteiger partial charge < -0.3 is 14.2 Å². The number of hydrogen-bond donors (Lipinski definition) is 0. The number of nitrogens with zero attached hydrogens (tertiary/aromatic N) is 1. The van der Waals surface area contributed by atoms with Gasteiger partial charge in [-0.3, -0.25) is 14.9 Å².